The Kier molecular flexibility index (Phi) is 6.85. The number of benzene rings is 1. The maximum atomic E-state index is 12.1. The van der Waals surface area contributed by atoms with E-state index >= 15 is 0 Å². The molecule has 1 aromatic carbocycles. The summed E-state index contributed by atoms with van der Waals surface area (Å²) in [5, 5.41) is 12.5. The van der Waals surface area contributed by atoms with E-state index < -0.39 is 23.1 Å². The van der Waals surface area contributed by atoms with Crippen LogP contribution in [0.2, 0.25) is 0 Å². The average molecular weight is 350 g/mol. The summed E-state index contributed by atoms with van der Waals surface area (Å²) in [4.78, 5) is 24.1. The van der Waals surface area contributed by atoms with Crippen molar-refractivity contribution in [1.29, 1.82) is 0 Å². The van der Waals surface area contributed by atoms with Crippen LogP contribution < -0.4 is 11.1 Å². The van der Waals surface area contributed by atoms with E-state index in [9.17, 15) is 14.7 Å². The fourth-order valence-electron chi connectivity index (χ4n) is 2.81. The Morgan fingerprint density at radius 3 is 2.20 bits per heavy atom. The molecule has 1 atom stereocenters. The zero-order valence-electron chi connectivity index (χ0n) is 15.8. The van der Waals surface area contributed by atoms with Crippen LogP contribution >= 0.6 is 0 Å². The van der Waals surface area contributed by atoms with Crippen LogP contribution in [0, 0.1) is 11.3 Å². The fraction of sp³-hybridized carbons (Fsp3) is 0.579. The zero-order chi connectivity index (χ0) is 19.3. The van der Waals surface area contributed by atoms with Crippen molar-refractivity contribution in [3.8, 4) is 0 Å². The summed E-state index contributed by atoms with van der Waals surface area (Å²) in [6.07, 6.45) is 0.123. The fourth-order valence-corrected chi connectivity index (χ4v) is 2.81. The summed E-state index contributed by atoms with van der Waals surface area (Å²) < 4.78 is 5.22. The summed E-state index contributed by atoms with van der Waals surface area (Å²) in [6.45, 7) is 9.22. The van der Waals surface area contributed by atoms with E-state index in [0.29, 0.717) is 18.5 Å². The zero-order valence-corrected chi connectivity index (χ0v) is 15.8. The third-order valence-electron chi connectivity index (χ3n) is 3.74. The predicted octanol–water partition coefficient (Wildman–Crippen LogP) is 3.45. The van der Waals surface area contributed by atoms with E-state index in [4.69, 9.17) is 10.5 Å². The Bertz CT molecular complexity index is 590. The molecule has 0 aliphatic heterocycles. The molecule has 1 amide bonds. The van der Waals surface area contributed by atoms with E-state index in [2.05, 4.69) is 5.32 Å². The number of ether oxygens (including phenoxy) is 1. The van der Waals surface area contributed by atoms with Gasteiger partial charge >= 0.3 is 12.1 Å². The van der Waals surface area contributed by atoms with Crippen molar-refractivity contribution in [2.45, 2.75) is 53.1 Å². The summed E-state index contributed by atoms with van der Waals surface area (Å²) in [5.74, 6) is -0.778. The second kappa shape index (κ2) is 8.23. The van der Waals surface area contributed by atoms with Gasteiger partial charge in [0.1, 0.15) is 5.60 Å². The number of rotatable bonds is 7. The van der Waals surface area contributed by atoms with Gasteiger partial charge in [-0.1, -0.05) is 26.0 Å². The molecule has 0 fully saturated rings. The number of aliphatic carboxylic acids is 1. The van der Waals surface area contributed by atoms with Gasteiger partial charge in [-0.25, -0.2) is 4.79 Å². The molecule has 0 heterocycles. The molecule has 0 saturated carbocycles. The third kappa shape index (κ3) is 7.03. The minimum atomic E-state index is -1.11. The summed E-state index contributed by atoms with van der Waals surface area (Å²) in [7, 11) is 0. The molecule has 1 aromatic rings. The number of carbonyl (C=O) groups is 2. The summed E-state index contributed by atoms with van der Waals surface area (Å²) in [5.41, 5.74) is 5.44. The normalized spacial score (nSPS) is 14.0. The van der Waals surface area contributed by atoms with Crippen LogP contribution in [0.15, 0.2) is 24.3 Å². The first-order valence-corrected chi connectivity index (χ1v) is 8.48. The number of nitrogens with one attached hydrogen (secondary N) is 1. The molecule has 140 valence electrons. The van der Waals surface area contributed by atoms with Crippen molar-refractivity contribution >= 4 is 17.7 Å². The van der Waals surface area contributed by atoms with Gasteiger partial charge in [-0.05, 0) is 57.2 Å². The SMILES string of the molecule is CC(C)CC(CNC(=O)OC(C)(C)C)(Cc1ccc(N)cc1)C(=O)O. The molecule has 6 nitrogen and oxygen atoms in total. The van der Waals surface area contributed by atoms with Gasteiger partial charge in [0, 0.05) is 12.2 Å². The van der Waals surface area contributed by atoms with Crippen molar-refractivity contribution in [3.05, 3.63) is 29.8 Å². The van der Waals surface area contributed by atoms with Crippen LogP contribution in [-0.4, -0.2) is 29.3 Å². The van der Waals surface area contributed by atoms with E-state index in [0.717, 1.165) is 5.56 Å². The molecule has 1 rings (SSSR count). The number of nitrogen functional groups attached to an aromatic ring is 1. The highest BCUT2D eigenvalue weighted by molar-refractivity contribution is 5.77. The number of alkyl carbamates (subject to hydrolysis) is 1. The van der Waals surface area contributed by atoms with Crippen LogP contribution in [0.1, 0.15) is 46.6 Å². The molecule has 6 heteroatoms. The summed E-state index contributed by atoms with van der Waals surface area (Å²) in [6, 6.07) is 7.14. The van der Waals surface area contributed by atoms with Gasteiger partial charge in [-0.2, -0.15) is 0 Å². The second-order valence-corrected chi connectivity index (χ2v) is 7.96. The van der Waals surface area contributed by atoms with Crippen molar-refractivity contribution in [1.82, 2.24) is 5.32 Å². The lowest BCUT2D eigenvalue weighted by molar-refractivity contribution is -0.149. The first-order valence-electron chi connectivity index (χ1n) is 8.48. The monoisotopic (exact) mass is 350 g/mol. The average Bonchev–Trinajstić information content (AvgIpc) is 2.44. The van der Waals surface area contributed by atoms with Crippen LogP contribution in [0.3, 0.4) is 0 Å². The van der Waals surface area contributed by atoms with Gasteiger partial charge in [0.15, 0.2) is 0 Å². The quantitative estimate of drug-likeness (QED) is 0.654. The molecular formula is C19H30N2O4. The minimum absolute atomic E-state index is 0.000195. The highest BCUT2D eigenvalue weighted by Gasteiger charge is 2.40. The van der Waals surface area contributed by atoms with Crippen LogP contribution in [0.25, 0.3) is 0 Å². The molecule has 0 saturated heterocycles. The molecule has 0 bridgehead atoms. The van der Waals surface area contributed by atoms with Crippen molar-refractivity contribution in [2.75, 3.05) is 12.3 Å². The van der Waals surface area contributed by atoms with Gasteiger partial charge in [-0.3, -0.25) is 4.79 Å². The first-order chi connectivity index (χ1) is 11.4. The highest BCUT2D eigenvalue weighted by Crippen LogP contribution is 2.31. The number of amides is 1. The van der Waals surface area contributed by atoms with Gasteiger partial charge in [0.2, 0.25) is 0 Å². The van der Waals surface area contributed by atoms with Crippen LogP contribution in [0.5, 0.6) is 0 Å². The van der Waals surface area contributed by atoms with E-state index in [1.54, 1.807) is 32.9 Å². The smallest absolute Gasteiger partial charge is 0.407 e. The lowest BCUT2D eigenvalue weighted by Crippen LogP contribution is -2.46. The molecule has 1 unspecified atom stereocenters. The molecule has 0 aliphatic carbocycles. The molecule has 4 N–H and O–H groups in total. The largest absolute Gasteiger partial charge is 0.481 e. The lowest BCUT2D eigenvalue weighted by Gasteiger charge is -2.32. The Balaban J connectivity index is 2.99. The van der Waals surface area contributed by atoms with Gasteiger partial charge in [0.25, 0.3) is 0 Å². The number of carbonyl (C=O) groups excluding carboxylic acids is 1. The molecule has 25 heavy (non-hydrogen) atoms. The maximum absolute atomic E-state index is 12.1. The van der Waals surface area contributed by atoms with E-state index in [-0.39, 0.29) is 12.5 Å². The second-order valence-electron chi connectivity index (χ2n) is 7.96. The minimum Gasteiger partial charge on any atom is -0.481 e. The number of hydrogen-bond acceptors (Lipinski definition) is 4. The van der Waals surface area contributed by atoms with E-state index in [1.807, 2.05) is 26.0 Å². The van der Waals surface area contributed by atoms with Crippen LogP contribution in [-0.2, 0) is 16.0 Å². The predicted molar refractivity (Wildman–Crippen MR) is 98.3 cm³/mol. The number of carboxylic acid groups (broad SMARTS) is 1. The maximum Gasteiger partial charge on any atom is 0.407 e. The lowest BCUT2D eigenvalue weighted by atomic mass is 9.75. The van der Waals surface area contributed by atoms with Crippen LogP contribution in [0.4, 0.5) is 10.5 Å². The molecule has 0 spiro atoms. The van der Waals surface area contributed by atoms with Gasteiger partial charge in [0.05, 0.1) is 5.41 Å². The Labute approximate surface area is 149 Å². The van der Waals surface area contributed by atoms with Gasteiger partial charge < -0.3 is 20.9 Å². The first kappa shape index (κ1) is 20.8. The topological polar surface area (TPSA) is 102 Å². The number of carboxylic acids is 1. The number of hydrogen-bond donors (Lipinski definition) is 3. The summed E-state index contributed by atoms with van der Waals surface area (Å²) >= 11 is 0. The van der Waals surface area contributed by atoms with Crippen molar-refractivity contribution in [2.24, 2.45) is 11.3 Å². The number of nitrogens with two attached hydrogens (primary N) is 1. The van der Waals surface area contributed by atoms with Crippen molar-refractivity contribution in [3.63, 3.8) is 0 Å². The molecule has 0 radical (unpaired) electrons. The van der Waals surface area contributed by atoms with Crippen molar-refractivity contribution < 1.29 is 19.4 Å². The number of anilines is 1. The molecular weight excluding hydrogens is 320 g/mol. The highest BCUT2D eigenvalue weighted by atomic mass is 16.6. The standard InChI is InChI=1S/C19H30N2O4/c1-13(2)10-19(16(22)23,11-14-6-8-15(20)9-7-14)12-21-17(24)25-18(3,4)5/h6-9,13H,10-12,20H2,1-5H3,(H,21,24)(H,22,23). The Hall–Kier alpha value is -2.24. The molecule has 0 aliphatic rings. The van der Waals surface area contributed by atoms with Gasteiger partial charge in [-0.15, -0.1) is 0 Å². The Morgan fingerprint density at radius 2 is 1.76 bits per heavy atom. The third-order valence-corrected chi connectivity index (χ3v) is 3.74. The van der Waals surface area contributed by atoms with E-state index in [1.165, 1.54) is 0 Å². The Morgan fingerprint density at radius 1 is 1.20 bits per heavy atom. The molecule has 0 aromatic heterocycles.